The standard InChI is InChI=1S/C18H22N6/c1-22-11-18(21-13-22)16-9-23(10-17(16)19)8-14-2-4-15(5-3-14)24-7-6-20-12-24/h2-7,11-13,16-17H,8-10,19H2,1H3/t16-,17-/m1/s1. The van der Waals surface area contributed by atoms with Crippen molar-refractivity contribution < 1.29 is 0 Å². The summed E-state index contributed by atoms with van der Waals surface area (Å²) in [7, 11) is 2.00. The summed E-state index contributed by atoms with van der Waals surface area (Å²) in [4.78, 5) is 11.0. The van der Waals surface area contributed by atoms with E-state index in [1.165, 1.54) is 5.56 Å². The molecular weight excluding hydrogens is 300 g/mol. The molecule has 1 aromatic carbocycles. The van der Waals surface area contributed by atoms with E-state index in [0.29, 0.717) is 5.92 Å². The summed E-state index contributed by atoms with van der Waals surface area (Å²) >= 11 is 0. The van der Waals surface area contributed by atoms with Gasteiger partial charge in [-0.15, -0.1) is 0 Å². The molecule has 1 saturated heterocycles. The summed E-state index contributed by atoms with van der Waals surface area (Å²) in [5.74, 6) is 0.316. The number of hydrogen-bond acceptors (Lipinski definition) is 4. The van der Waals surface area contributed by atoms with Gasteiger partial charge in [0.25, 0.3) is 0 Å². The molecule has 24 heavy (non-hydrogen) atoms. The first-order valence-electron chi connectivity index (χ1n) is 8.22. The molecule has 0 amide bonds. The van der Waals surface area contributed by atoms with Crippen LogP contribution >= 0.6 is 0 Å². The van der Waals surface area contributed by atoms with Gasteiger partial charge < -0.3 is 14.9 Å². The van der Waals surface area contributed by atoms with Gasteiger partial charge in [-0.2, -0.15) is 0 Å². The second kappa shape index (κ2) is 6.22. The lowest BCUT2D eigenvalue weighted by atomic mass is 10.0. The molecule has 1 aliphatic rings. The van der Waals surface area contributed by atoms with Gasteiger partial charge in [-0.05, 0) is 17.7 Å². The van der Waals surface area contributed by atoms with E-state index < -0.39 is 0 Å². The van der Waals surface area contributed by atoms with Crippen molar-refractivity contribution in [3.05, 3.63) is 66.8 Å². The van der Waals surface area contributed by atoms with Gasteiger partial charge in [0.1, 0.15) is 0 Å². The number of hydrogen-bond donors (Lipinski definition) is 1. The first-order valence-corrected chi connectivity index (χ1v) is 8.22. The molecule has 2 N–H and O–H groups in total. The van der Waals surface area contributed by atoms with Crippen molar-refractivity contribution in [3.63, 3.8) is 0 Å². The Kier molecular flexibility index (Phi) is 3.92. The largest absolute Gasteiger partial charge is 0.340 e. The molecular formula is C18H22N6. The quantitative estimate of drug-likeness (QED) is 0.791. The van der Waals surface area contributed by atoms with Crippen LogP contribution in [0.5, 0.6) is 0 Å². The summed E-state index contributed by atoms with van der Waals surface area (Å²) in [5, 5.41) is 0. The lowest BCUT2D eigenvalue weighted by molar-refractivity contribution is 0.323. The van der Waals surface area contributed by atoms with Crippen LogP contribution in [0.3, 0.4) is 0 Å². The number of likely N-dealkylation sites (tertiary alicyclic amines) is 1. The van der Waals surface area contributed by atoms with Crippen molar-refractivity contribution in [3.8, 4) is 5.69 Å². The average molecular weight is 322 g/mol. The molecule has 1 fully saturated rings. The van der Waals surface area contributed by atoms with Gasteiger partial charge in [-0.3, -0.25) is 4.90 Å². The van der Waals surface area contributed by atoms with Crippen LogP contribution in [-0.4, -0.2) is 43.1 Å². The van der Waals surface area contributed by atoms with Crippen LogP contribution in [0.25, 0.3) is 5.69 Å². The van der Waals surface area contributed by atoms with Gasteiger partial charge in [0.05, 0.1) is 18.3 Å². The monoisotopic (exact) mass is 322 g/mol. The summed E-state index contributed by atoms with van der Waals surface area (Å²) in [6.07, 6.45) is 9.47. The Morgan fingerprint density at radius 3 is 2.67 bits per heavy atom. The van der Waals surface area contributed by atoms with Crippen molar-refractivity contribution in [1.82, 2.24) is 24.0 Å². The molecule has 0 aliphatic carbocycles. The lowest BCUT2D eigenvalue weighted by Crippen LogP contribution is -2.28. The van der Waals surface area contributed by atoms with Crippen molar-refractivity contribution >= 4 is 0 Å². The first-order chi connectivity index (χ1) is 11.7. The van der Waals surface area contributed by atoms with Crippen LogP contribution in [0.1, 0.15) is 17.2 Å². The second-order valence-electron chi connectivity index (χ2n) is 6.56. The highest BCUT2D eigenvalue weighted by Gasteiger charge is 2.32. The average Bonchev–Trinajstić information content (AvgIpc) is 3.30. The molecule has 0 radical (unpaired) electrons. The van der Waals surface area contributed by atoms with Gasteiger partial charge in [-0.1, -0.05) is 12.1 Å². The number of nitrogens with two attached hydrogens (primary N) is 1. The molecule has 3 aromatic rings. The highest BCUT2D eigenvalue weighted by molar-refractivity contribution is 5.34. The Morgan fingerprint density at radius 2 is 2.00 bits per heavy atom. The van der Waals surface area contributed by atoms with E-state index in [1.807, 2.05) is 35.0 Å². The zero-order chi connectivity index (χ0) is 16.5. The summed E-state index contributed by atoms with van der Waals surface area (Å²) in [6.45, 7) is 2.78. The molecule has 4 rings (SSSR count). The van der Waals surface area contributed by atoms with E-state index in [2.05, 4.69) is 45.3 Å². The smallest absolute Gasteiger partial charge is 0.0991 e. The number of aromatic nitrogens is 4. The van der Waals surface area contributed by atoms with E-state index >= 15 is 0 Å². The molecule has 1 aliphatic heterocycles. The molecule has 6 nitrogen and oxygen atoms in total. The Hall–Kier alpha value is -2.44. The Balaban J connectivity index is 1.42. The van der Waals surface area contributed by atoms with Gasteiger partial charge >= 0.3 is 0 Å². The minimum absolute atomic E-state index is 0.144. The highest BCUT2D eigenvalue weighted by Crippen LogP contribution is 2.26. The Labute approximate surface area is 141 Å². The summed E-state index contributed by atoms with van der Waals surface area (Å²) < 4.78 is 3.99. The van der Waals surface area contributed by atoms with Crippen molar-refractivity contribution in [2.24, 2.45) is 12.8 Å². The molecule has 0 bridgehead atoms. The number of benzene rings is 1. The predicted molar refractivity (Wildman–Crippen MR) is 92.8 cm³/mol. The van der Waals surface area contributed by atoms with E-state index in [1.54, 1.807) is 6.20 Å². The summed E-state index contributed by atoms with van der Waals surface area (Å²) in [5.41, 5.74) is 9.88. The van der Waals surface area contributed by atoms with Gasteiger partial charge in [0, 0.05) is 62.9 Å². The molecule has 2 aromatic heterocycles. The van der Waals surface area contributed by atoms with Crippen LogP contribution in [0.2, 0.25) is 0 Å². The molecule has 2 atom stereocenters. The van der Waals surface area contributed by atoms with Gasteiger partial charge in [-0.25, -0.2) is 9.97 Å². The number of aryl methyl sites for hydroxylation is 1. The normalized spacial score (nSPS) is 21.4. The topological polar surface area (TPSA) is 64.9 Å². The van der Waals surface area contributed by atoms with Crippen LogP contribution < -0.4 is 5.73 Å². The van der Waals surface area contributed by atoms with Crippen LogP contribution in [0.4, 0.5) is 0 Å². The molecule has 3 heterocycles. The fourth-order valence-electron chi connectivity index (χ4n) is 3.42. The molecule has 0 unspecified atom stereocenters. The minimum Gasteiger partial charge on any atom is -0.340 e. The van der Waals surface area contributed by atoms with Gasteiger partial charge in [0.15, 0.2) is 0 Å². The number of nitrogens with zero attached hydrogens (tertiary/aromatic N) is 5. The molecule has 124 valence electrons. The maximum atomic E-state index is 6.35. The fraction of sp³-hybridized carbons (Fsp3) is 0.333. The number of rotatable bonds is 4. The highest BCUT2D eigenvalue weighted by atomic mass is 15.2. The number of imidazole rings is 2. The summed E-state index contributed by atoms with van der Waals surface area (Å²) in [6, 6.07) is 8.75. The molecule has 6 heteroatoms. The van der Waals surface area contributed by atoms with E-state index in [4.69, 9.17) is 5.73 Å². The van der Waals surface area contributed by atoms with Crippen LogP contribution in [0.15, 0.2) is 55.5 Å². The SMILES string of the molecule is Cn1cnc([C@@H]2CN(Cc3ccc(-n4ccnc4)cc3)C[C@H]2N)c1. The van der Waals surface area contributed by atoms with Crippen molar-refractivity contribution in [1.29, 1.82) is 0 Å². The zero-order valence-electron chi connectivity index (χ0n) is 13.8. The third kappa shape index (κ3) is 2.98. The van der Waals surface area contributed by atoms with E-state index in [-0.39, 0.29) is 6.04 Å². The van der Waals surface area contributed by atoms with Crippen LogP contribution in [-0.2, 0) is 13.6 Å². The van der Waals surface area contributed by atoms with E-state index in [9.17, 15) is 0 Å². The van der Waals surface area contributed by atoms with E-state index in [0.717, 1.165) is 31.0 Å². The van der Waals surface area contributed by atoms with Crippen LogP contribution in [0, 0.1) is 0 Å². The second-order valence-corrected chi connectivity index (χ2v) is 6.56. The fourth-order valence-corrected chi connectivity index (χ4v) is 3.42. The Bertz CT molecular complexity index is 789. The minimum atomic E-state index is 0.144. The molecule has 0 spiro atoms. The third-order valence-corrected chi connectivity index (χ3v) is 4.69. The maximum absolute atomic E-state index is 6.35. The first kappa shape index (κ1) is 15.1. The maximum Gasteiger partial charge on any atom is 0.0991 e. The zero-order valence-corrected chi connectivity index (χ0v) is 13.8. The lowest BCUT2D eigenvalue weighted by Gasteiger charge is -2.15. The molecule has 0 saturated carbocycles. The third-order valence-electron chi connectivity index (χ3n) is 4.69. The van der Waals surface area contributed by atoms with Gasteiger partial charge in [0.2, 0.25) is 0 Å². The van der Waals surface area contributed by atoms with Crippen molar-refractivity contribution in [2.45, 2.75) is 18.5 Å². The predicted octanol–water partition coefficient (Wildman–Crippen LogP) is 1.53. The van der Waals surface area contributed by atoms with Crippen molar-refractivity contribution in [2.75, 3.05) is 13.1 Å². The Morgan fingerprint density at radius 1 is 1.17 bits per heavy atom.